The molecule has 1 atom stereocenters. The van der Waals surface area contributed by atoms with E-state index in [1.807, 2.05) is 44.2 Å². The Kier molecular flexibility index (Phi) is 6.91. The van der Waals surface area contributed by atoms with Crippen LogP contribution in [-0.2, 0) is 22.5 Å². The zero-order valence-corrected chi connectivity index (χ0v) is 15.8. The number of carbonyl (C=O) groups excluding carboxylic acids is 3. The maximum absolute atomic E-state index is 12.1. The average molecular weight is 374 g/mol. The van der Waals surface area contributed by atoms with Gasteiger partial charge < -0.3 is 10.1 Å². The number of carbonyl (C=O) groups is 3. The summed E-state index contributed by atoms with van der Waals surface area (Å²) in [6.07, 6.45) is -0.237. The second kappa shape index (κ2) is 9.15. The number of urea groups is 1. The van der Waals surface area contributed by atoms with Crippen molar-refractivity contribution in [2.24, 2.45) is 0 Å². The number of imide groups is 1. The lowest BCUT2D eigenvalue weighted by molar-refractivity contribution is -0.127. The minimum atomic E-state index is -1.07. The fourth-order valence-corrected chi connectivity index (χ4v) is 3.28. The second-order valence-corrected chi connectivity index (χ2v) is 6.91. The number of thiophene rings is 1. The molecule has 0 aliphatic rings. The lowest BCUT2D eigenvalue weighted by atomic mass is 10.2. The van der Waals surface area contributed by atoms with Gasteiger partial charge in [0.2, 0.25) is 0 Å². The molecule has 2 N–H and O–H groups in total. The van der Waals surface area contributed by atoms with E-state index in [1.54, 1.807) is 6.07 Å². The van der Waals surface area contributed by atoms with E-state index >= 15 is 0 Å². The van der Waals surface area contributed by atoms with Crippen molar-refractivity contribution in [2.45, 2.75) is 39.8 Å². The van der Waals surface area contributed by atoms with E-state index in [-0.39, 0.29) is 0 Å². The van der Waals surface area contributed by atoms with Gasteiger partial charge in [0.15, 0.2) is 6.10 Å². The molecule has 1 aromatic carbocycles. The first kappa shape index (κ1) is 19.7. The molecule has 26 heavy (non-hydrogen) atoms. The van der Waals surface area contributed by atoms with Crippen LogP contribution in [0.2, 0.25) is 0 Å². The summed E-state index contributed by atoms with van der Waals surface area (Å²) in [5.74, 6) is -1.24. The molecule has 1 heterocycles. The standard InChI is InChI=1S/C19H22N2O4S/c1-4-15-12(2)10-16(26-15)18(23)25-13(3)17(22)21-19(24)20-11-14-8-6-5-7-9-14/h5-10,13H,4,11H2,1-3H3,(H2,20,21,22,24)/t13-/m1/s1. The molecule has 0 unspecified atom stereocenters. The SMILES string of the molecule is CCc1sc(C(=O)O[C@H](C)C(=O)NC(=O)NCc2ccccc2)cc1C. The zero-order chi connectivity index (χ0) is 19.1. The molecule has 2 rings (SSSR count). The van der Waals surface area contributed by atoms with Crippen LogP contribution in [0.15, 0.2) is 36.4 Å². The first-order valence-electron chi connectivity index (χ1n) is 8.33. The number of hydrogen-bond donors (Lipinski definition) is 2. The van der Waals surface area contributed by atoms with Crippen molar-refractivity contribution in [1.29, 1.82) is 0 Å². The summed E-state index contributed by atoms with van der Waals surface area (Å²) in [6.45, 7) is 5.67. The van der Waals surface area contributed by atoms with Crippen LogP contribution in [0, 0.1) is 6.92 Å². The quantitative estimate of drug-likeness (QED) is 0.761. The lowest BCUT2D eigenvalue weighted by Gasteiger charge is -2.12. The Bertz CT molecular complexity index is 786. The molecule has 0 bridgehead atoms. The molecule has 6 nitrogen and oxygen atoms in total. The predicted molar refractivity (Wildman–Crippen MR) is 100 cm³/mol. The summed E-state index contributed by atoms with van der Waals surface area (Å²) in [6, 6.07) is 10.4. The summed E-state index contributed by atoms with van der Waals surface area (Å²) in [5, 5.41) is 4.75. The predicted octanol–water partition coefficient (Wildman–Crippen LogP) is 3.19. The molecule has 0 aliphatic heterocycles. The van der Waals surface area contributed by atoms with Gasteiger partial charge in [0.05, 0.1) is 0 Å². The van der Waals surface area contributed by atoms with Crippen LogP contribution < -0.4 is 10.6 Å². The Balaban J connectivity index is 1.82. The van der Waals surface area contributed by atoms with Crippen LogP contribution in [0.3, 0.4) is 0 Å². The van der Waals surface area contributed by atoms with E-state index in [9.17, 15) is 14.4 Å². The summed E-state index contributed by atoms with van der Waals surface area (Å²) >= 11 is 1.36. The molecule has 3 amide bonds. The van der Waals surface area contributed by atoms with E-state index in [4.69, 9.17) is 4.74 Å². The van der Waals surface area contributed by atoms with Gasteiger partial charge in [-0.1, -0.05) is 37.3 Å². The van der Waals surface area contributed by atoms with Gasteiger partial charge >= 0.3 is 12.0 Å². The third kappa shape index (κ3) is 5.42. The molecule has 0 saturated carbocycles. The van der Waals surface area contributed by atoms with E-state index in [2.05, 4.69) is 10.6 Å². The van der Waals surface area contributed by atoms with Crippen molar-refractivity contribution in [3.05, 3.63) is 57.3 Å². The Hall–Kier alpha value is -2.67. The third-order valence-corrected chi connectivity index (χ3v) is 5.09. The van der Waals surface area contributed by atoms with Crippen molar-refractivity contribution in [2.75, 3.05) is 0 Å². The summed E-state index contributed by atoms with van der Waals surface area (Å²) in [7, 11) is 0. The maximum Gasteiger partial charge on any atom is 0.349 e. The summed E-state index contributed by atoms with van der Waals surface area (Å²) in [5.41, 5.74) is 1.94. The van der Waals surface area contributed by atoms with Crippen molar-refractivity contribution in [3.63, 3.8) is 0 Å². The van der Waals surface area contributed by atoms with Crippen molar-refractivity contribution in [1.82, 2.24) is 10.6 Å². The van der Waals surface area contributed by atoms with Crippen LogP contribution in [0.5, 0.6) is 0 Å². The lowest BCUT2D eigenvalue weighted by Crippen LogP contribution is -2.44. The highest BCUT2D eigenvalue weighted by atomic mass is 32.1. The van der Waals surface area contributed by atoms with E-state index in [1.165, 1.54) is 18.3 Å². The zero-order valence-electron chi connectivity index (χ0n) is 15.0. The van der Waals surface area contributed by atoms with Gasteiger partial charge in [0, 0.05) is 11.4 Å². The Labute approximate surface area is 156 Å². The van der Waals surface area contributed by atoms with Crippen LogP contribution >= 0.6 is 11.3 Å². The summed E-state index contributed by atoms with van der Waals surface area (Å²) in [4.78, 5) is 37.5. The number of nitrogens with one attached hydrogen (secondary N) is 2. The first-order valence-corrected chi connectivity index (χ1v) is 9.15. The number of amides is 3. The van der Waals surface area contributed by atoms with Gasteiger partial charge in [-0.25, -0.2) is 9.59 Å². The number of benzene rings is 1. The normalized spacial score (nSPS) is 11.5. The highest BCUT2D eigenvalue weighted by molar-refractivity contribution is 7.14. The highest BCUT2D eigenvalue weighted by Gasteiger charge is 2.22. The summed E-state index contributed by atoms with van der Waals surface area (Å²) < 4.78 is 5.15. The molecule has 138 valence electrons. The molecule has 1 aromatic heterocycles. The van der Waals surface area contributed by atoms with Gasteiger partial charge in [0.1, 0.15) is 4.88 Å². The van der Waals surface area contributed by atoms with E-state index in [0.29, 0.717) is 11.4 Å². The molecule has 0 aliphatic carbocycles. The first-order chi connectivity index (χ1) is 12.4. The third-order valence-electron chi connectivity index (χ3n) is 3.73. The van der Waals surface area contributed by atoms with Crippen molar-refractivity contribution < 1.29 is 19.1 Å². The molecule has 2 aromatic rings. The van der Waals surface area contributed by atoms with Gasteiger partial charge in [-0.3, -0.25) is 10.1 Å². The second-order valence-electron chi connectivity index (χ2n) is 5.78. The van der Waals surface area contributed by atoms with Gasteiger partial charge in [-0.2, -0.15) is 0 Å². The topological polar surface area (TPSA) is 84.5 Å². The monoisotopic (exact) mass is 374 g/mol. The molecule has 0 saturated heterocycles. The molecule has 0 fully saturated rings. The van der Waals surface area contributed by atoms with Crippen LogP contribution in [-0.4, -0.2) is 24.0 Å². The Morgan fingerprint density at radius 3 is 2.50 bits per heavy atom. The Morgan fingerprint density at radius 2 is 1.88 bits per heavy atom. The van der Waals surface area contributed by atoms with Gasteiger partial charge in [-0.05, 0) is 37.5 Å². The van der Waals surface area contributed by atoms with Gasteiger partial charge in [0.25, 0.3) is 5.91 Å². The average Bonchev–Trinajstić information content (AvgIpc) is 3.01. The molecular weight excluding hydrogens is 352 g/mol. The minimum Gasteiger partial charge on any atom is -0.448 e. The van der Waals surface area contributed by atoms with Crippen LogP contribution in [0.4, 0.5) is 4.79 Å². The number of ether oxygens (including phenoxy) is 1. The minimum absolute atomic E-state index is 0.294. The maximum atomic E-state index is 12.1. The van der Waals surface area contributed by atoms with Crippen molar-refractivity contribution >= 4 is 29.2 Å². The van der Waals surface area contributed by atoms with Gasteiger partial charge in [-0.15, -0.1) is 11.3 Å². The van der Waals surface area contributed by atoms with Crippen LogP contribution in [0.25, 0.3) is 0 Å². The number of esters is 1. The molecule has 7 heteroatoms. The fraction of sp³-hybridized carbons (Fsp3) is 0.316. The van der Waals surface area contributed by atoms with Crippen LogP contribution in [0.1, 0.15) is 39.5 Å². The number of hydrogen-bond acceptors (Lipinski definition) is 5. The fourth-order valence-electron chi connectivity index (χ4n) is 2.28. The van der Waals surface area contributed by atoms with Crippen molar-refractivity contribution in [3.8, 4) is 0 Å². The highest BCUT2D eigenvalue weighted by Crippen LogP contribution is 2.23. The molecular formula is C19H22N2O4S. The number of aryl methyl sites for hydroxylation is 2. The smallest absolute Gasteiger partial charge is 0.349 e. The Morgan fingerprint density at radius 1 is 1.19 bits per heavy atom. The van der Waals surface area contributed by atoms with E-state index < -0.39 is 24.0 Å². The molecule has 0 radical (unpaired) electrons. The van der Waals surface area contributed by atoms with E-state index in [0.717, 1.165) is 22.4 Å². The number of rotatable bonds is 6. The largest absolute Gasteiger partial charge is 0.448 e. The molecule has 0 spiro atoms.